The third kappa shape index (κ3) is 3.55. The van der Waals surface area contributed by atoms with Gasteiger partial charge in [-0.25, -0.2) is 0 Å². The van der Waals surface area contributed by atoms with E-state index in [9.17, 15) is 4.79 Å². The van der Waals surface area contributed by atoms with Gasteiger partial charge in [0, 0.05) is 12.1 Å². The first kappa shape index (κ1) is 14.8. The predicted octanol–water partition coefficient (Wildman–Crippen LogP) is 3.25. The molecule has 0 spiro atoms. The summed E-state index contributed by atoms with van der Waals surface area (Å²) in [6, 6.07) is 20.1. The molecular formula is C19H22N2O. The van der Waals surface area contributed by atoms with Gasteiger partial charge < -0.3 is 5.32 Å². The number of carbonyl (C=O) groups excluding carboxylic acids is 1. The summed E-state index contributed by atoms with van der Waals surface area (Å²) in [4.78, 5) is 14.7. The van der Waals surface area contributed by atoms with E-state index >= 15 is 0 Å². The smallest absolute Gasteiger partial charge is 0.251 e. The van der Waals surface area contributed by atoms with Gasteiger partial charge in [-0.3, -0.25) is 9.69 Å². The molecule has 0 aromatic heterocycles. The minimum absolute atomic E-state index is 0.000674. The van der Waals surface area contributed by atoms with Crippen LogP contribution in [0.2, 0.25) is 0 Å². The molecule has 1 saturated heterocycles. The standard InChI is InChI=1S/C19H22N2O/c22-19(17-11-5-2-6-12-17)20-15-18(21-13-7-8-14-21)16-9-3-1-4-10-16/h1-6,9-12,18H,7-8,13-15H2,(H,20,22). The highest BCUT2D eigenvalue weighted by atomic mass is 16.1. The van der Waals surface area contributed by atoms with Crippen molar-refractivity contribution in [3.63, 3.8) is 0 Å². The average molecular weight is 294 g/mol. The molecule has 1 aliphatic rings. The highest BCUT2D eigenvalue weighted by Gasteiger charge is 2.23. The number of carbonyl (C=O) groups is 1. The van der Waals surface area contributed by atoms with E-state index in [-0.39, 0.29) is 11.9 Å². The first-order valence-electron chi connectivity index (χ1n) is 7.97. The van der Waals surface area contributed by atoms with Gasteiger partial charge in [0.15, 0.2) is 0 Å². The second-order valence-electron chi connectivity index (χ2n) is 5.75. The maximum atomic E-state index is 12.3. The maximum Gasteiger partial charge on any atom is 0.251 e. The summed E-state index contributed by atoms with van der Waals surface area (Å²) in [6.45, 7) is 2.87. The number of hydrogen-bond acceptors (Lipinski definition) is 2. The van der Waals surface area contributed by atoms with Crippen LogP contribution in [0.4, 0.5) is 0 Å². The first-order valence-corrected chi connectivity index (χ1v) is 7.97. The molecule has 114 valence electrons. The lowest BCUT2D eigenvalue weighted by Crippen LogP contribution is -2.36. The van der Waals surface area contributed by atoms with Crippen molar-refractivity contribution >= 4 is 5.91 Å². The fourth-order valence-corrected chi connectivity index (χ4v) is 3.07. The van der Waals surface area contributed by atoms with E-state index in [4.69, 9.17) is 0 Å². The first-order chi connectivity index (χ1) is 10.8. The largest absolute Gasteiger partial charge is 0.350 e. The number of rotatable bonds is 5. The van der Waals surface area contributed by atoms with Crippen LogP contribution in [-0.4, -0.2) is 30.4 Å². The van der Waals surface area contributed by atoms with Gasteiger partial charge in [-0.15, -0.1) is 0 Å². The average Bonchev–Trinajstić information content (AvgIpc) is 3.11. The van der Waals surface area contributed by atoms with E-state index in [1.54, 1.807) is 0 Å². The molecule has 1 atom stereocenters. The monoisotopic (exact) mass is 294 g/mol. The van der Waals surface area contributed by atoms with Crippen LogP contribution in [0.1, 0.15) is 34.8 Å². The van der Waals surface area contributed by atoms with Crippen molar-refractivity contribution in [3.8, 4) is 0 Å². The minimum Gasteiger partial charge on any atom is -0.350 e. The molecule has 0 bridgehead atoms. The number of nitrogens with one attached hydrogen (secondary N) is 1. The van der Waals surface area contributed by atoms with Crippen molar-refractivity contribution in [2.24, 2.45) is 0 Å². The number of nitrogens with zero attached hydrogens (tertiary/aromatic N) is 1. The number of hydrogen-bond donors (Lipinski definition) is 1. The fraction of sp³-hybridized carbons (Fsp3) is 0.316. The fourth-order valence-electron chi connectivity index (χ4n) is 3.07. The van der Waals surface area contributed by atoms with Crippen LogP contribution < -0.4 is 5.32 Å². The van der Waals surface area contributed by atoms with Crippen LogP contribution in [0.25, 0.3) is 0 Å². The van der Waals surface area contributed by atoms with Crippen LogP contribution in [0, 0.1) is 0 Å². The molecule has 22 heavy (non-hydrogen) atoms. The molecule has 1 unspecified atom stereocenters. The van der Waals surface area contributed by atoms with E-state index in [0.29, 0.717) is 6.54 Å². The topological polar surface area (TPSA) is 32.3 Å². The zero-order valence-corrected chi connectivity index (χ0v) is 12.7. The maximum absolute atomic E-state index is 12.3. The van der Waals surface area contributed by atoms with Crippen LogP contribution >= 0.6 is 0 Å². The van der Waals surface area contributed by atoms with Crippen molar-refractivity contribution in [2.45, 2.75) is 18.9 Å². The Bertz CT molecular complexity index is 591. The van der Waals surface area contributed by atoms with Gasteiger partial charge in [0.2, 0.25) is 0 Å². The molecule has 1 amide bonds. The number of likely N-dealkylation sites (tertiary alicyclic amines) is 1. The normalized spacial score (nSPS) is 16.4. The van der Waals surface area contributed by atoms with E-state index in [1.807, 2.05) is 36.4 Å². The van der Waals surface area contributed by atoms with Crippen molar-refractivity contribution in [1.82, 2.24) is 10.2 Å². The van der Waals surface area contributed by atoms with Gasteiger partial charge in [-0.05, 0) is 43.6 Å². The Morgan fingerprint density at radius 3 is 2.18 bits per heavy atom. The summed E-state index contributed by atoms with van der Waals surface area (Å²) in [7, 11) is 0. The molecule has 1 heterocycles. The third-order valence-electron chi connectivity index (χ3n) is 4.26. The third-order valence-corrected chi connectivity index (χ3v) is 4.26. The van der Waals surface area contributed by atoms with E-state index in [1.165, 1.54) is 18.4 Å². The summed E-state index contributed by atoms with van der Waals surface area (Å²) in [5.41, 5.74) is 1.99. The Kier molecular flexibility index (Phi) is 4.86. The molecule has 3 heteroatoms. The summed E-state index contributed by atoms with van der Waals surface area (Å²) in [5.74, 6) is 0.000674. The molecule has 1 aliphatic heterocycles. The molecular weight excluding hydrogens is 272 g/mol. The Morgan fingerprint density at radius 1 is 0.955 bits per heavy atom. The molecule has 2 aromatic carbocycles. The Balaban J connectivity index is 1.69. The highest BCUT2D eigenvalue weighted by Crippen LogP contribution is 2.24. The van der Waals surface area contributed by atoms with Gasteiger partial charge in [-0.2, -0.15) is 0 Å². The zero-order valence-electron chi connectivity index (χ0n) is 12.7. The van der Waals surface area contributed by atoms with Gasteiger partial charge in [0.1, 0.15) is 0 Å². The zero-order chi connectivity index (χ0) is 15.2. The quantitative estimate of drug-likeness (QED) is 0.918. The van der Waals surface area contributed by atoms with Crippen LogP contribution in [0.3, 0.4) is 0 Å². The van der Waals surface area contributed by atoms with Gasteiger partial charge in [0.05, 0.1) is 6.04 Å². The van der Waals surface area contributed by atoms with E-state index in [0.717, 1.165) is 18.7 Å². The van der Waals surface area contributed by atoms with E-state index in [2.05, 4.69) is 34.5 Å². The van der Waals surface area contributed by atoms with Crippen LogP contribution in [0.5, 0.6) is 0 Å². The summed E-state index contributed by atoms with van der Waals surface area (Å²) >= 11 is 0. The summed E-state index contributed by atoms with van der Waals surface area (Å²) in [5, 5.41) is 3.09. The predicted molar refractivity (Wildman–Crippen MR) is 88.8 cm³/mol. The number of amides is 1. The van der Waals surface area contributed by atoms with Crippen molar-refractivity contribution < 1.29 is 4.79 Å². The molecule has 0 aliphatic carbocycles. The summed E-state index contributed by atoms with van der Waals surface area (Å²) < 4.78 is 0. The second-order valence-corrected chi connectivity index (χ2v) is 5.75. The molecule has 3 nitrogen and oxygen atoms in total. The van der Waals surface area contributed by atoms with Gasteiger partial charge in [0.25, 0.3) is 5.91 Å². The Hall–Kier alpha value is -2.13. The van der Waals surface area contributed by atoms with Crippen LogP contribution in [-0.2, 0) is 0 Å². The lowest BCUT2D eigenvalue weighted by atomic mass is 10.1. The molecule has 1 N–H and O–H groups in total. The Morgan fingerprint density at radius 2 is 1.55 bits per heavy atom. The number of benzene rings is 2. The minimum atomic E-state index is 0.000674. The molecule has 1 fully saturated rings. The van der Waals surface area contributed by atoms with Gasteiger partial charge >= 0.3 is 0 Å². The summed E-state index contributed by atoms with van der Waals surface area (Å²) in [6.07, 6.45) is 2.49. The molecule has 0 radical (unpaired) electrons. The van der Waals surface area contributed by atoms with Gasteiger partial charge in [-0.1, -0.05) is 48.5 Å². The van der Waals surface area contributed by atoms with Crippen molar-refractivity contribution in [2.75, 3.05) is 19.6 Å². The van der Waals surface area contributed by atoms with Crippen molar-refractivity contribution in [1.29, 1.82) is 0 Å². The molecule has 0 saturated carbocycles. The Labute approximate surface area is 132 Å². The van der Waals surface area contributed by atoms with Crippen molar-refractivity contribution in [3.05, 3.63) is 71.8 Å². The molecule has 2 aromatic rings. The molecule has 3 rings (SSSR count). The lowest BCUT2D eigenvalue weighted by molar-refractivity contribution is 0.0938. The lowest BCUT2D eigenvalue weighted by Gasteiger charge is -2.28. The second kappa shape index (κ2) is 7.23. The van der Waals surface area contributed by atoms with E-state index < -0.39 is 0 Å². The van der Waals surface area contributed by atoms with Crippen LogP contribution in [0.15, 0.2) is 60.7 Å². The highest BCUT2D eigenvalue weighted by molar-refractivity contribution is 5.94. The SMILES string of the molecule is O=C(NCC(c1ccccc1)N1CCCC1)c1ccccc1.